The quantitative estimate of drug-likeness (QED) is 0.850. The lowest BCUT2D eigenvalue weighted by Gasteiger charge is -2.46. The van der Waals surface area contributed by atoms with Crippen molar-refractivity contribution >= 4 is 11.8 Å². The number of likely N-dealkylation sites (tertiary alicyclic amines) is 1. The van der Waals surface area contributed by atoms with E-state index in [-0.39, 0.29) is 17.2 Å². The normalized spacial score (nSPS) is 25.0. The molecule has 2 amide bonds. The number of carbonyl (C=O) groups is 2. The maximum absolute atomic E-state index is 12.5. The molecule has 1 heterocycles. The van der Waals surface area contributed by atoms with E-state index in [9.17, 15) is 9.59 Å². The van der Waals surface area contributed by atoms with Gasteiger partial charge in [-0.25, -0.2) is 0 Å². The molecule has 1 aliphatic heterocycles. The van der Waals surface area contributed by atoms with Crippen LogP contribution in [0.15, 0.2) is 24.3 Å². The molecule has 1 N–H and O–H groups in total. The highest BCUT2D eigenvalue weighted by Crippen LogP contribution is 2.47. The van der Waals surface area contributed by atoms with Crippen molar-refractivity contribution in [1.29, 1.82) is 0 Å². The first-order valence-electron chi connectivity index (χ1n) is 9.65. The summed E-state index contributed by atoms with van der Waals surface area (Å²) >= 11 is 0. The Balaban J connectivity index is 1.60. The summed E-state index contributed by atoms with van der Waals surface area (Å²) < 4.78 is 5.16. The lowest BCUT2D eigenvalue weighted by atomic mass is 9.74. The smallest absolute Gasteiger partial charge is 0.224 e. The van der Waals surface area contributed by atoms with E-state index >= 15 is 0 Å². The number of benzene rings is 1. The van der Waals surface area contributed by atoms with Gasteiger partial charge >= 0.3 is 0 Å². The third kappa shape index (κ3) is 4.09. The number of hydrogen-bond donors (Lipinski definition) is 1. The predicted molar refractivity (Wildman–Crippen MR) is 101 cm³/mol. The number of rotatable bonds is 6. The van der Waals surface area contributed by atoms with Crippen molar-refractivity contribution in [3.8, 4) is 0 Å². The number of hydrogen-bond acceptors (Lipinski definition) is 3. The molecule has 5 nitrogen and oxygen atoms in total. The zero-order chi connectivity index (χ0) is 18.6. The van der Waals surface area contributed by atoms with Crippen molar-refractivity contribution in [2.24, 2.45) is 5.41 Å². The molecule has 3 rings (SSSR count). The van der Waals surface area contributed by atoms with Crippen LogP contribution >= 0.6 is 0 Å². The maximum atomic E-state index is 12.5. The molecule has 26 heavy (non-hydrogen) atoms. The monoisotopic (exact) mass is 358 g/mol. The molecule has 5 heteroatoms. The fraction of sp³-hybridized carbons (Fsp3) is 0.619. The largest absolute Gasteiger partial charge is 0.380 e. The van der Waals surface area contributed by atoms with Crippen molar-refractivity contribution in [1.82, 2.24) is 10.2 Å². The topological polar surface area (TPSA) is 58.6 Å². The molecular formula is C21H30N2O3. The zero-order valence-corrected chi connectivity index (χ0v) is 15.9. The second kappa shape index (κ2) is 8.21. The summed E-state index contributed by atoms with van der Waals surface area (Å²) in [5.41, 5.74) is 2.15. The lowest BCUT2D eigenvalue weighted by Crippen LogP contribution is -2.55. The molecule has 2 aliphatic rings. The van der Waals surface area contributed by atoms with E-state index in [1.807, 2.05) is 29.2 Å². The van der Waals surface area contributed by atoms with Gasteiger partial charge in [0.25, 0.3) is 0 Å². The van der Waals surface area contributed by atoms with Crippen molar-refractivity contribution in [3.63, 3.8) is 0 Å². The molecule has 0 aromatic heterocycles. The second-order valence-corrected chi connectivity index (χ2v) is 7.79. The van der Waals surface area contributed by atoms with E-state index < -0.39 is 0 Å². The first kappa shape index (κ1) is 18.9. The number of fused-ring (bicyclic) bond motifs is 1. The van der Waals surface area contributed by atoms with E-state index in [4.69, 9.17) is 4.74 Å². The number of ether oxygens (including phenoxy) is 1. The minimum absolute atomic E-state index is 0.0551. The van der Waals surface area contributed by atoms with Gasteiger partial charge in [-0.2, -0.15) is 0 Å². The van der Waals surface area contributed by atoms with Crippen molar-refractivity contribution in [2.45, 2.75) is 58.1 Å². The number of nitrogens with one attached hydrogen (secondary N) is 1. The van der Waals surface area contributed by atoms with Crippen LogP contribution in [0.25, 0.3) is 0 Å². The summed E-state index contributed by atoms with van der Waals surface area (Å²) in [5, 5.41) is 3.17. The summed E-state index contributed by atoms with van der Waals surface area (Å²) in [6.45, 7) is 3.77. The molecule has 0 radical (unpaired) electrons. The molecular weight excluding hydrogens is 328 g/mol. The summed E-state index contributed by atoms with van der Waals surface area (Å²) in [6, 6.07) is 8.27. The van der Waals surface area contributed by atoms with E-state index in [1.165, 1.54) is 0 Å². The minimum atomic E-state index is 0.0551. The van der Waals surface area contributed by atoms with Crippen LogP contribution in [-0.2, 0) is 27.4 Å². The second-order valence-electron chi connectivity index (χ2n) is 7.79. The van der Waals surface area contributed by atoms with Crippen LogP contribution < -0.4 is 5.32 Å². The summed E-state index contributed by atoms with van der Waals surface area (Å²) in [6.07, 6.45) is 5.83. The van der Waals surface area contributed by atoms with Crippen LogP contribution in [-0.4, -0.2) is 43.0 Å². The Morgan fingerprint density at radius 1 is 1.27 bits per heavy atom. The van der Waals surface area contributed by atoms with E-state index in [1.54, 1.807) is 14.0 Å². The van der Waals surface area contributed by atoms with Gasteiger partial charge in [-0.05, 0) is 36.8 Å². The molecule has 0 spiro atoms. The first-order valence-corrected chi connectivity index (χ1v) is 9.65. The van der Waals surface area contributed by atoms with Gasteiger partial charge in [0.2, 0.25) is 11.8 Å². The Labute approximate surface area is 156 Å². The van der Waals surface area contributed by atoms with Crippen molar-refractivity contribution in [2.75, 3.05) is 20.2 Å². The standard InChI is InChI=1S/C21H30N2O3/c1-16(24)23-11-5-10-21(9-4-8-19(21)23)15-22-20(25)13-17-6-3-7-18(12-17)14-26-2/h3,6-7,12,19H,4-5,8-11,13-15H2,1-2H3,(H,22,25). The summed E-state index contributed by atoms with van der Waals surface area (Å²) in [4.78, 5) is 26.5. The predicted octanol–water partition coefficient (Wildman–Crippen LogP) is 2.67. The molecule has 2 unspecified atom stereocenters. The molecule has 1 saturated heterocycles. The van der Waals surface area contributed by atoms with Gasteiger partial charge < -0.3 is 15.0 Å². The number of carbonyl (C=O) groups excluding carboxylic acids is 2. The fourth-order valence-corrected chi connectivity index (χ4v) is 4.85. The molecule has 1 aromatic rings. The Morgan fingerprint density at radius 2 is 2.04 bits per heavy atom. The molecule has 2 fully saturated rings. The van der Waals surface area contributed by atoms with Gasteiger partial charge in [0.05, 0.1) is 13.0 Å². The summed E-state index contributed by atoms with van der Waals surface area (Å²) in [5.74, 6) is 0.224. The van der Waals surface area contributed by atoms with Gasteiger partial charge in [0.1, 0.15) is 0 Å². The lowest BCUT2D eigenvalue weighted by molar-refractivity contribution is -0.136. The van der Waals surface area contributed by atoms with Gasteiger partial charge in [-0.3, -0.25) is 9.59 Å². The summed E-state index contributed by atoms with van der Waals surface area (Å²) in [7, 11) is 1.67. The van der Waals surface area contributed by atoms with E-state index in [2.05, 4.69) is 5.32 Å². The molecule has 2 atom stereocenters. The van der Waals surface area contributed by atoms with Crippen LogP contribution in [0.4, 0.5) is 0 Å². The van der Waals surface area contributed by atoms with Crippen LogP contribution in [0.5, 0.6) is 0 Å². The van der Waals surface area contributed by atoms with Gasteiger partial charge in [-0.1, -0.05) is 30.7 Å². The van der Waals surface area contributed by atoms with Crippen LogP contribution in [0.1, 0.15) is 50.2 Å². The van der Waals surface area contributed by atoms with Crippen molar-refractivity contribution in [3.05, 3.63) is 35.4 Å². The Morgan fingerprint density at radius 3 is 2.81 bits per heavy atom. The van der Waals surface area contributed by atoms with Gasteiger partial charge in [-0.15, -0.1) is 0 Å². The van der Waals surface area contributed by atoms with Crippen LogP contribution in [0.3, 0.4) is 0 Å². The Hall–Kier alpha value is -1.88. The number of amides is 2. The third-order valence-electron chi connectivity index (χ3n) is 6.02. The molecule has 1 aliphatic carbocycles. The highest BCUT2D eigenvalue weighted by Gasteiger charge is 2.48. The minimum Gasteiger partial charge on any atom is -0.380 e. The van der Waals surface area contributed by atoms with E-state index in [0.29, 0.717) is 25.6 Å². The average Bonchev–Trinajstić information content (AvgIpc) is 3.05. The number of nitrogens with zero attached hydrogens (tertiary/aromatic N) is 1. The first-order chi connectivity index (χ1) is 12.5. The van der Waals surface area contributed by atoms with E-state index in [0.717, 1.165) is 49.8 Å². The SMILES string of the molecule is COCc1cccc(CC(=O)NCC23CCCC2N(C(C)=O)CCC3)c1. The molecule has 1 aromatic carbocycles. The fourth-order valence-electron chi connectivity index (χ4n) is 4.85. The number of methoxy groups -OCH3 is 1. The average molecular weight is 358 g/mol. The highest BCUT2D eigenvalue weighted by atomic mass is 16.5. The maximum Gasteiger partial charge on any atom is 0.224 e. The Kier molecular flexibility index (Phi) is 5.97. The van der Waals surface area contributed by atoms with Crippen molar-refractivity contribution < 1.29 is 14.3 Å². The third-order valence-corrected chi connectivity index (χ3v) is 6.02. The van der Waals surface area contributed by atoms with Gasteiger partial charge in [0.15, 0.2) is 0 Å². The molecule has 1 saturated carbocycles. The molecule has 0 bridgehead atoms. The molecule has 142 valence electrons. The van der Waals surface area contributed by atoms with Crippen LogP contribution in [0, 0.1) is 5.41 Å². The number of piperidine rings is 1. The zero-order valence-electron chi connectivity index (χ0n) is 15.9. The van der Waals surface area contributed by atoms with Gasteiger partial charge in [0, 0.05) is 38.6 Å². The van der Waals surface area contributed by atoms with Crippen LogP contribution in [0.2, 0.25) is 0 Å². The Bertz CT molecular complexity index is 660. The highest BCUT2D eigenvalue weighted by molar-refractivity contribution is 5.78.